The zero-order valence-corrected chi connectivity index (χ0v) is 21.4. The summed E-state index contributed by atoms with van der Waals surface area (Å²) in [6.45, 7) is 1.36. The molecule has 202 valence electrons. The molecule has 0 radical (unpaired) electrons. The lowest BCUT2D eigenvalue weighted by molar-refractivity contribution is -0.122. The number of halogens is 2. The Kier molecular flexibility index (Phi) is 8.42. The lowest BCUT2D eigenvalue weighted by Crippen LogP contribution is -2.40. The van der Waals surface area contributed by atoms with Crippen LogP contribution in [0.25, 0.3) is 11.3 Å². The summed E-state index contributed by atoms with van der Waals surface area (Å²) in [4.78, 5) is 43.6. The van der Waals surface area contributed by atoms with E-state index in [9.17, 15) is 19.1 Å². The number of hydrogen-bond acceptors (Lipinski definition) is 9. The summed E-state index contributed by atoms with van der Waals surface area (Å²) in [7, 11) is 0. The predicted octanol–water partition coefficient (Wildman–Crippen LogP) is 2.17. The molecule has 14 heteroatoms. The Morgan fingerprint density at radius 1 is 1.36 bits per heavy atom. The van der Waals surface area contributed by atoms with Gasteiger partial charge in [0.15, 0.2) is 0 Å². The number of aliphatic hydroxyl groups excluding tert-OH is 1. The minimum absolute atomic E-state index is 0.0226. The summed E-state index contributed by atoms with van der Waals surface area (Å²) < 4.78 is 19.3. The topological polar surface area (TPSA) is 180 Å². The maximum atomic E-state index is 14.0. The van der Waals surface area contributed by atoms with E-state index in [4.69, 9.17) is 27.5 Å². The zero-order chi connectivity index (χ0) is 28.1. The lowest BCUT2D eigenvalue weighted by atomic mass is 10.1. The molecule has 0 bridgehead atoms. The smallest absolute Gasteiger partial charge is 0.256 e. The molecular weight excluding hydrogens is 531 g/mol. The number of rotatable bonds is 10. The van der Waals surface area contributed by atoms with Crippen molar-refractivity contribution in [2.45, 2.75) is 19.5 Å². The summed E-state index contributed by atoms with van der Waals surface area (Å²) in [5.74, 6) is -1.41. The number of hydrogen-bond donors (Lipinski definition) is 4. The molecule has 0 aliphatic carbocycles. The third-order valence-electron chi connectivity index (χ3n) is 5.67. The van der Waals surface area contributed by atoms with Crippen molar-refractivity contribution in [3.8, 4) is 17.0 Å². The number of aliphatic imine (C=N–C) groups is 1. The Morgan fingerprint density at radius 3 is 2.87 bits per heavy atom. The quantitative estimate of drug-likeness (QED) is 0.217. The number of carbonyl (C=O) groups is 2. The molecule has 0 unspecified atom stereocenters. The number of nitrogens with two attached hydrogens (primary N) is 1. The molecule has 12 nitrogen and oxygen atoms in total. The van der Waals surface area contributed by atoms with Crippen molar-refractivity contribution >= 4 is 41.4 Å². The van der Waals surface area contributed by atoms with E-state index >= 15 is 0 Å². The number of carbonyl (C=O) groups excluding carboxylic acids is 2. The molecule has 39 heavy (non-hydrogen) atoms. The second-order valence-electron chi connectivity index (χ2n) is 8.38. The average Bonchev–Trinajstić information content (AvgIpc) is 3.22. The molecule has 2 aromatic heterocycles. The summed E-state index contributed by atoms with van der Waals surface area (Å²) >= 11 is 6.26. The van der Waals surface area contributed by atoms with Gasteiger partial charge >= 0.3 is 0 Å². The second kappa shape index (κ2) is 11.9. The van der Waals surface area contributed by atoms with Crippen molar-refractivity contribution in [1.82, 2.24) is 25.2 Å². The first-order chi connectivity index (χ1) is 18.7. The molecule has 0 saturated carbocycles. The Morgan fingerprint density at radius 2 is 2.15 bits per heavy atom. The molecule has 2 amide bonds. The van der Waals surface area contributed by atoms with E-state index in [1.54, 1.807) is 13.0 Å². The highest BCUT2D eigenvalue weighted by Crippen LogP contribution is 2.30. The first kappa shape index (κ1) is 27.5. The Labute approximate surface area is 227 Å². The SMILES string of the molecule is CCOc1cc(F)cc([C@@H](CO)NC(=O)CN2Cc3ncc(-c4nc(N=C(N)C=N)ncc4Cl)cc3C2=O)c1. The van der Waals surface area contributed by atoms with Crippen LogP contribution in [0.3, 0.4) is 0 Å². The van der Waals surface area contributed by atoms with Crippen LogP contribution in [0.15, 0.2) is 41.7 Å². The van der Waals surface area contributed by atoms with Crippen molar-refractivity contribution < 1.29 is 23.8 Å². The van der Waals surface area contributed by atoms with Crippen LogP contribution in [-0.4, -0.2) is 68.6 Å². The molecule has 0 saturated heterocycles. The Hall–Kier alpha value is -4.49. The molecule has 0 spiro atoms. The molecule has 1 aliphatic rings. The van der Waals surface area contributed by atoms with E-state index in [1.807, 2.05) is 0 Å². The van der Waals surface area contributed by atoms with Gasteiger partial charge in [0.2, 0.25) is 5.91 Å². The summed E-state index contributed by atoms with van der Waals surface area (Å²) in [5.41, 5.74) is 7.26. The molecule has 3 heterocycles. The third kappa shape index (κ3) is 6.33. The maximum Gasteiger partial charge on any atom is 0.256 e. The van der Waals surface area contributed by atoms with Gasteiger partial charge in [-0.2, -0.15) is 4.99 Å². The van der Waals surface area contributed by atoms with Gasteiger partial charge in [-0.1, -0.05) is 11.6 Å². The van der Waals surface area contributed by atoms with Gasteiger partial charge < -0.3 is 31.2 Å². The van der Waals surface area contributed by atoms with Crippen LogP contribution in [0.5, 0.6) is 5.75 Å². The number of benzene rings is 1. The zero-order valence-electron chi connectivity index (χ0n) is 20.7. The maximum absolute atomic E-state index is 14.0. The highest BCUT2D eigenvalue weighted by molar-refractivity contribution is 6.33. The number of nitrogens with zero attached hydrogens (tertiary/aromatic N) is 5. The van der Waals surface area contributed by atoms with Crippen LogP contribution < -0.4 is 15.8 Å². The van der Waals surface area contributed by atoms with Crippen molar-refractivity contribution in [1.29, 1.82) is 5.41 Å². The monoisotopic (exact) mass is 554 g/mol. The van der Waals surface area contributed by atoms with Gasteiger partial charge in [-0.3, -0.25) is 14.6 Å². The van der Waals surface area contributed by atoms with E-state index in [0.29, 0.717) is 23.4 Å². The first-order valence-electron chi connectivity index (χ1n) is 11.7. The van der Waals surface area contributed by atoms with Gasteiger partial charge in [-0.05, 0) is 30.7 Å². The summed E-state index contributed by atoms with van der Waals surface area (Å²) in [6.07, 6.45) is 3.65. The highest BCUT2D eigenvalue weighted by Gasteiger charge is 2.31. The fourth-order valence-electron chi connectivity index (χ4n) is 3.93. The molecule has 4 rings (SSSR count). The van der Waals surface area contributed by atoms with Crippen molar-refractivity contribution in [3.05, 3.63) is 64.3 Å². The lowest BCUT2D eigenvalue weighted by Gasteiger charge is -2.20. The van der Waals surface area contributed by atoms with E-state index in [2.05, 4.69) is 25.3 Å². The molecule has 5 N–H and O–H groups in total. The third-order valence-corrected chi connectivity index (χ3v) is 5.95. The fraction of sp³-hybridized carbons (Fsp3) is 0.240. The summed E-state index contributed by atoms with van der Waals surface area (Å²) in [6, 6.07) is 4.59. The van der Waals surface area contributed by atoms with Gasteiger partial charge in [0.1, 0.15) is 23.9 Å². The highest BCUT2D eigenvalue weighted by atomic mass is 35.5. The van der Waals surface area contributed by atoms with Gasteiger partial charge in [0.25, 0.3) is 11.9 Å². The van der Waals surface area contributed by atoms with Crippen LogP contribution in [0.2, 0.25) is 5.02 Å². The number of fused-ring (bicyclic) bond motifs is 1. The molecule has 1 aliphatic heterocycles. The van der Waals surface area contributed by atoms with E-state index in [0.717, 1.165) is 6.21 Å². The fourth-order valence-corrected chi connectivity index (χ4v) is 4.13. The number of aliphatic hydroxyl groups is 1. The Balaban J connectivity index is 1.49. The van der Waals surface area contributed by atoms with E-state index in [-0.39, 0.29) is 46.9 Å². The standard InChI is InChI=1S/C25H24ClFN8O4/c1-2-39-16-4-13(3-15(27)6-16)20(12-36)32-22(37)11-35-10-19-17(24(35)38)5-14(8-30-19)23-18(26)9-31-25(34-23)33-21(29)7-28/h3-9,20,28,36H,2,10-12H2,1H3,(H,32,37)(H2,29,31,33,34)/t20-/m1/s1. The first-order valence-corrected chi connectivity index (χ1v) is 12.1. The number of pyridine rings is 1. The van der Waals surface area contributed by atoms with Crippen molar-refractivity contribution in [2.24, 2.45) is 10.7 Å². The van der Waals surface area contributed by atoms with Crippen LogP contribution in [0.1, 0.15) is 34.6 Å². The van der Waals surface area contributed by atoms with Crippen LogP contribution in [0, 0.1) is 11.2 Å². The van der Waals surface area contributed by atoms with E-state index < -0.39 is 30.3 Å². The van der Waals surface area contributed by atoms with Crippen LogP contribution >= 0.6 is 11.6 Å². The number of aromatic nitrogens is 3. The summed E-state index contributed by atoms with van der Waals surface area (Å²) in [5, 5.41) is 19.8. The molecule has 0 fully saturated rings. The Bertz CT molecular complexity index is 1470. The van der Waals surface area contributed by atoms with Crippen molar-refractivity contribution in [3.63, 3.8) is 0 Å². The minimum atomic E-state index is -0.907. The normalized spacial score (nSPS) is 13.7. The van der Waals surface area contributed by atoms with Gasteiger partial charge in [-0.15, -0.1) is 0 Å². The van der Waals surface area contributed by atoms with E-state index in [1.165, 1.54) is 35.5 Å². The number of nitrogens with one attached hydrogen (secondary N) is 2. The molecule has 3 aromatic rings. The van der Waals surface area contributed by atoms with Crippen LogP contribution in [-0.2, 0) is 11.3 Å². The largest absolute Gasteiger partial charge is 0.494 e. The molecular formula is C25H24ClFN8O4. The number of amidine groups is 1. The second-order valence-corrected chi connectivity index (χ2v) is 8.79. The number of ether oxygens (including phenoxy) is 1. The number of amides is 2. The van der Waals surface area contributed by atoms with Gasteiger partial charge in [0.05, 0.1) is 60.2 Å². The predicted molar refractivity (Wildman–Crippen MR) is 141 cm³/mol. The van der Waals surface area contributed by atoms with Crippen molar-refractivity contribution in [2.75, 3.05) is 19.8 Å². The molecule has 1 atom stereocenters. The van der Waals surface area contributed by atoms with Gasteiger partial charge in [-0.25, -0.2) is 14.4 Å². The minimum Gasteiger partial charge on any atom is -0.494 e. The average molecular weight is 555 g/mol. The van der Waals surface area contributed by atoms with Gasteiger partial charge in [0, 0.05) is 17.8 Å². The molecule has 1 aromatic carbocycles. The van der Waals surface area contributed by atoms with Crippen LogP contribution in [0.4, 0.5) is 10.3 Å².